The summed E-state index contributed by atoms with van der Waals surface area (Å²) in [5.74, 6) is 0.0262. The van der Waals surface area contributed by atoms with Gasteiger partial charge in [0.1, 0.15) is 5.69 Å². The molecule has 0 aliphatic heterocycles. The van der Waals surface area contributed by atoms with Crippen LogP contribution in [0.25, 0.3) is 10.2 Å². The Kier molecular flexibility index (Phi) is 4.59. The summed E-state index contributed by atoms with van der Waals surface area (Å²) in [4.78, 5) is 12.4. The van der Waals surface area contributed by atoms with Crippen molar-refractivity contribution >= 4 is 27.5 Å². The number of amides is 1. The van der Waals surface area contributed by atoms with Crippen molar-refractivity contribution in [2.24, 2.45) is 0 Å². The molecule has 0 bridgehead atoms. The molecule has 22 heavy (non-hydrogen) atoms. The van der Waals surface area contributed by atoms with E-state index >= 15 is 0 Å². The smallest absolute Gasteiger partial charge is 0.267 e. The molecular weight excluding hydrogens is 292 g/mol. The molecule has 0 radical (unpaired) electrons. The SMILES string of the molecule is CCCNC(=O)c1cc2sccc2n1CCc1ccccc1. The second kappa shape index (κ2) is 6.79. The second-order valence-electron chi connectivity index (χ2n) is 5.34. The van der Waals surface area contributed by atoms with Crippen molar-refractivity contribution in [2.45, 2.75) is 26.3 Å². The third-order valence-electron chi connectivity index (χ3n) is 3.76. The lowest BCUT2D eigenvalue weighted by Crippen LogP contribution is -2.26. The molecule has 2 heterocycles. The number of carbonyl (C=O) groups is 1. The molecule has 4 heteroatoms. The minimum Gasteiger partial charge on any atom is -0.351 e. The van der Waals surface area contributed by atoms with E-state index in [1.807, 2.05) is 12.1 Å². The standard InChI is InChI=1S/C18H20N2OS/c1-2-10-19-18(21)16-13-17-15(9-12-22-17)20(16)11-8-14-6-4-3-5-7-14/h3-7,9,12-13H,2,8,10-11H2,1H3,(H,19,21). The van der Waals surface area contributed by atoms with Crippen molar-refractivity contribution in [1.29, 1.82) is 0 Å². The Morgan fingerprint density at radius 2 is 2.05 bits per heavy atom. The number of nitrogens with one attached hydrogen (secondary N) is 1. The first-order chi connectivity index (χ1) is 10.8. The lowest BCUT2D eigenvalue weighted by molar-refractivity contribution is 0.0945. The van der Waals surface area contributed by atoms with E-state index < -0.39 is 0 Å². The van der Waals surface area contributed by atoms with E-state index in [1.165, 1.54) is 10.3 Å². The van der Waals surface area contributed by atoms with E-state index in [0.29, 0.717) is 0 Å². The Balaban J connectivity index is 1.85. The van der Waals surface area contributed by atoms with Crippen LogP contribution in [0.15, 0.2) is 47.8 Å². The first kappa shape index (κ1) is 14.9. The highest BCUT2D eigenvalue weighted by molar-refractivity contribution is 7.17. The van der Waals surface area contributed by atoms with Gasteiger partial charge in [-0.2, -0.15) is 0 Å². The van der Waals surface area contributed by atoms with Gasteiger partial charge in [0.15, 0.2) is 0 Å². The summed E-state index contributed by atoms with van der Waals surface area (Å²) >= 11 is 1.68. The highest BCUT2D eigenvalue weighted by Crippen LogP contribution is 2.25. The number of thiophene rings is 1. The van der Waals surface area contributed by atoms with Crippen molar-refractivity contribution in [3.05, 3.63) is 59.1 Å². The molecule has 0 aliphatic rings. The molecule has 3 aromatic rings. The zero-order valence-corrected chi connectivity index (χ0v) is 13.5. The van der Waals surface area contributed by atoms with Crippen LogP contribution < -0.4 is 5.32 Å². The number of carbonyl (C=O) groups excluding carboxylic acids is 1. The summed E-state index contributed by atoms with van der Waals surface area (Å²) in [6.07, 6.45) is 1.87. The molecule has 2 aromatic heterocycles. The van der Waals surface area contributed by atoms with Crippen molar-refractivity contribution in [2.75, 3.05) is 6.54 Å². The van der Waals surface area contributed by atoms with Crippen LogP contribution >= 0.6 is 11.3 Å². The van der Waals surface area contributed by atoms with Crippen LogP contribution in [-0.4, -0.2) is 17.0 Å². The van der Waals surface area contributed by atoms with Crippen LogP contribution in [0.2, 0.25) is 0 Å². The fourth-order valence-electron chi connectivity index (χ4n) is 2.62. The Labute approximate surface area is 134 Å². The number of benzene rings is 1. The van der Waals surface area contributed by atoms with Gasteiger partial charge in [0.05, 0.1) is 10.2 Å². The minimum atomic E-state index is 0.0262. The number of fused-ring (bicyclic) bond motifs is 1. The number of nitrogens with zero attached hydrogens (tertiary/aromatic N) is 1. The first-order valence-corrected chi connectivity index (χ1v) is 8.56. The van der Waals surface area contributed by atoms with Crippen LogP contribution in [0.5, 0.6) is 0 Å². The molecule has 0 unspecified atom stereocenters. The van der Waals surface area contributed by atoms with Gasteiger partial charge < -0.3 is 9.88 Å². The van der Waals surface area contributed by atoms with Gasteiger partial charge in [0.2, 0.25) is 0 Å². The predicted molar refractivity (Wildman–Crippen MR) is 92.6 cm³/mol. The summed E-state index contributed by atoms with van der Waals surface area (Å²) in [6, 6.07) is 14.5. The van der Waals surface area contributed by atoms with E-state index in [9.17, 15) is 4.79 Å². The molecule has 0 fully saturated rings. The lowest BCUT2D eigenvalue weighted by Gasteiger charge is -2.10. The molecule has 114 valence electrons. The minimum absolute atomic E-state index is 0.0262. The third-order valence-corrected chi connectivity index (χ3v) is 4.61. The molecule has 1 amide bonds. The van der Waals surface area contributed by atoms with Gasteiger partial charge in [-0.05, 0) is 35.9 Å². The maximum Gasteiger partial charge on any atom is 0.267 e. The quantitative estimate of drug-likeness (QED) is 0.731. The molecular formula is C18H20N2OS. The number of hydrogen-bond acceptors (Lipinski definition) is 2. The number of rotatable bonds is 6. The first-order valence-electron chi connectivity index (χ1n) is 7.68. The molecule has 0 saturated heterocycles. The maximum atomic E-state index is 12.4. The molecule has 0 spiro atoms. The van der Waals surface area contributed by atoms with E-state index in [1.54, 1.807) is 11.3 Å². The highest BCUT2D eigenvalue weighted by atomic mass is 32.1. The van der Waals surface area contributed by atoms with Gasteiger partial charge in [-0.3, -0.25) is 4.79 Å². The van der Waals surface area contributed by atoms with Crippen LogP contribution in [-0.2, 0) is 13.0 Å². The van der Waals surface area contributed by atoms with Gasteiger partial charge in [-0.25, -0.2) is 0 Å². The van der Waals surface area contributed by atoms with Crippen molar-refractivity contribution in [1.82, 2.24) is 9.88 Å². The summed E-state index contributed by atoms with van der Waals surface area (Å²) in [5.41, 5.74) is 3.22. The number of aromatic nitrogens is 1. The fourth-order valence-corrected chi connectivity index (χ4v) is 3.44. The maximum absolute atomic E-state index is 12.4. The normalized spacial score (nSPS) is 11.0. The average Bonchev–Trinajstić information content (AvgIpc) is 3.13. The molecule has 0 saturated carbocycles. The monoisotopic (exact) mass is 312 g/mol. The number of hydrogen-bond donors (Lipinski definition) is 1. The molecule has 0 aliphatic carbocycles. The molecule has 1 aromatic carbocycles. The summed E-state index contributed by atoms with van der Waals surface area (Å²) < 4.78 is 3.32. The fraction of sp³-hybridized carbons (Fsp3) is 0.278. The third kappa shape index (κ3) is 3.07. The lowest BCUT2D eigenvalue weighted by atomic mass is 10.1. The van der Waals surface area contributed by atoms with Crippen LogP contribution in [0, 0.1) is 0 Å². The van der Waals surface area contributed by atoms with Crippen molar-refractivity contribution in [3.8, 4) is 0 Å². The van der Waals surface area contributed by atoms with E-state index in [2.05, 4.69) is 52.5 Å². The van der Waals surface area contributed by atoms with Crippen molar-refractivity contribution < 1.29 is 4.79 Å². The van der Waals surface area contributed by atoms with E-state index in [-0.39, 0.29) is 5.91 Å². The predicted octanol–water partition coefficient (Wildman–Crippen LogP) is 4.09. The van der Waals surface area contributed by atoms with Gasteiger partial charge >= 0.3 is 0 Å². The highest BCUT2D eigenvalue weighted by Gasteiger charge is 2.15. The Bertz CT molecular complexity index is 758. The summed E-state index contributed by atoms with van der Waals surface area (Å²) in [7, 11) is 0. The summed E-state index contributed by atoms with van der Waals surface area (Å²) in [6.45, 7) is 3.60. The van der Waals surface area contributed by atoms with Crippen molar-refractivity contribution in [3.63, 3.8) is 0 Å². The average molecular weight is 312 g/mol. The van der Waals surface area contributed by atoms with Crippen LogP contribution in [0.3, 0.4) is 0 Å². The van der Waals surface area contributed by atoms with E-state index in [0.717, 1.165) is 37.1 Å². The summed E-state index contributed by atoms with van der Waals surface area (Å²) in [5, 5.41) is 5.06. The largest absolute Gasteiger partial charge is 0.351 e. The number of aryl methyl sites for hydroxylation is 2. The molecule has 0 atom stereocenters. The van der Waals surface area contributed by atoms with E-state index in [4.69, 9.17) is 0 Å². The van der Waals surface area contributed by atoms with Crippen LogP contribution in [0.4, 0.5) is 0 Å². The second-order valence-corrected chi connectivity index (χ2v) is 6.29. The van der Waals surface area contributed by atoms with Gasteiger partial charge in [0, 0.05) is 13.1 Å². The van der Waals surface area contributed by atoms with Gasteiger partial charge in [-0.15, -0.1) is 11.3 Å². The van der Waals surface area contributed by atoms with Crippen LogP contribution in [0.1, 0.15) is 29.4 Å². The Morgan fingerprint density at radius 1 is 1.23 bits per heavy atom. The van der Waals surface area contributed by atoms with Gasteiger partial charge in [0.25, 0.3) is 5.91 Å². The molecule has 3 nitrogen and oxygen atoms in total. The Hall–Kier alpha value is -2.07. The molecule has 1 N–H and O–H groups in total. The zero-order valence-electron chi connectivity index (χ0n) is 12.7. The topological polar surface area (TPSA) is 34.0 Å². The van der Waals surface area contributed by atoms with Gasteiger partial charge in [-0.1, -0.05) is 37.3 Å². The Morgan fingerprint density at radius 3 is 2.82 bits per heavy atom. The zero-order chi connectivity index (χ0) is 15.4. The molecule has 3 rings (SSSR count).